The summed E-state index contributed by atoms with van der Waals surface area (Å²) < 4.78 is 5.02. The molecule has 0 bridgehead atoms. The molecule has 2 saturated heterocycles. The summed E-state index contributed by atoms with van der Waals surface area (Å²) in [4.78, 5) is 11.1. The highest BCUT2D eigenvalue weighted by Crippen LogP contribution is 2.32. The summed E-state index contributed by atoms with van der Waals surface area (Å²) in [6.07, 6.45) is 3.48. The second-order valence-corrected chi connectivity index (χ2v) is 5.38. The number of urea groups is 1. The van der Waals surface area contributed by atoms with Crippen molar-refractivity contribution in [2.24, 2.45) is 0 Å². The molecule has 15 heavy (non-hydrogen) atoms. The molecule has 2 aliphatic heterocycles. The SMILES string of the molecule is COCCCCC1SCC2NC(=O)NC21. The maximum Gasteiger partial charge on any atom is 0.315 e. The highest BCUT2D eigenvalue weighted by Gasteiger charge is 2.42. The maximum absolute atomic E-state index is 11.1. The summed E-state index contributed by atoms with van der Waals surface area (Å²) in [6.45, 7) is 0.843. The van der Waals surface area contributed by atoms with Crippen molar-refractivity contribution in [2.45, 2.75) is 36.6 Å². The Labute approximate surface area is 94.5 Å². The molecule has 0 spiro atoms. The van der Waals surface area contributed by atoms with Crippen LogP contribution in [0.4, 0.5) is 4.79 Å². The van der Waals surface area contributed by atoms with Gasteiger partial charge in [0, 0.05) is 24.7 Å². The molecule has 2 rings (SSSR count). The van der Waals surface area contributed by atoms with Crippen molar-refractivity contribution in [1.29, 1.82) is 0 Å². The van der Waals surface area contributed by atoms with Gasteiger partial charge in [-0.2, -0.15) is 11.8 Å². The van der Waals surface area contributed by atoms with Crippen LogP contribution < -0.4 is 10.6 Å². The van der Waals surface area contributed by atoms with E-state index in [1.54, 1.807) is 7.11 Å². The van der Waals surface area contributed by atoms with Gasteiger partial charge in [-0.05, 0) is 19.3 Å². The summed E-state index contributed by atoms with van der Waals surface area (Å²) in [7, 11) is 1.74. The number of carbonyl (C=O) groups is 1. The molecule has 0 radical (unpaired) electrons. The first-order valence-electron chi connectivity index (χ1n) is 5.49. The Balaban J connectivity index is 1.72. The molecule has 2 fully saturated rings. The molecular formula is C10H18N2O2S. The van der Waals surface area contributed by atoms with Crippen LogP contribution >= 0.6 is 11.8 Å². The van der Waals surface area contributed by atoms with Gasteiger partial charge in [-0.25, -0.2) is 4.79 Å². The van der Waals surface area contributed by atoms with Gasteiger partial charge in [0.25, 0.3) is 0 Å². The second-order valence-electron chi connectivity index (χ2n) is 4.11. The zero-order valence-corrected chi connectivity index (χ0v) is 9.81. The number of carbonyl (C=O) groups excluding carboxylic acids is 1. The topological polar surface area (TPSA) is 50.4 Å². The van der Waals surface area contributed by atoms with E-state index < -0.39 is 0 Å². The number of rotatable bonds is 5. The molecular weight excluding hydrogens is 212 g/mol. The van der Waals surface area contributed by atoms with Crippen LogP contribution in [0.25, 0.3) is 0 Å². The van der Waals surface area contributed by atoms with Gasteiger partial charge in [-0.15, -0.1) is 0 Å². The van der Waals surface area contributed by atoms with Crippen molar-refractivity contribution in [3.8, 4) is 0 Å². The van der Waals surface area contributed by atoms with E-state index in [-0.39, 0.29) is 6.03 Å². The number of thioether (sulfide) groups is 1. The summed E-state index contributed by atoms with van der Waals surface area (Å²) in [5.41, 5.74) is 0. The second kappa shape index (κ2) is 5.07. The van der Waals surface area contributed by atoms with Crippen LogP contribution in [-0.2, 0) is 4.74 Å². The van der Waals surface area contributed by atoms with Crippen molar-refractivity contribution >= 4 is 17.8 Å². The van der Waals surface area contributed by atoms with Gasteiger partial charge in [0.2, 0.25) is 0 Å². The predicted molar refractivity (Wildman–Crippen MR) is 61.2 cm³/mol. The number of methoxy groups -OCH3 is 1. The smallest absolute Gasteiger partial charge is 0.315 e. The Bertz CT molecular complexity index is 237. The van der Waals surface area contributed by atoms with Crippen molar-refractivity contribution in [1.82, 2.24) is 10.6 Å². The van der Waals surface area contributed by atoms with Gasteiger partial charge in [0.15, 0.2) is 0 Å². The summed E-state index contributed by atoms with van der Waals surface area (Å²) in [5, 5.41) is 6.55. The molecule has 3 unspecified atom stereocenters. The largest absolute Gasteiger partial charge is 0.385 e. The number of nitrogens with one attached hydrogen (secondary N) is 2. The average Bonchev–Trinajstić information content (AvgIpc) is 2.73. The Morgan fingerprint density at radius 3 is 3.13 bits per heavy atom. The number of ether oxygens (including phenoxy) is 1. The van der Waals surface area contributed by atoms with Crippen LogP contribution in [0.3, 0.4) is 0 Å². The minimum atomic E-state index is 0.00666. The maximum atomic E-state index is 11.1. The van der Waals surface area contributed by atoms with E-state index in [0.29, 0.717) is 17.3 Å². The fourth-order valence-corrected chi connectivity index (χ4v) is 3.78. The van der Waals surface area contributed by atoms with E-state index in [4.69, 9.17) is 4.74 Å². The fourth-order valence-electron chi connectivity index (χ4n) is 2.23. The lowest BCUT2D eigenvalue weighted by Crippen LogP contribution is -2.36. The lowest BCUT2D eigenvalue weighted by molar-refractivity contribution is 0.192. The highest BCUT2D eigenvalue weighted by atomic mass is 32.2. The van der Waals surface area contributed by atoms with E-state index >= 15 is 0 Å². The summed E-state index contributed by atoms with van der Waals surface area (Å²) >= 11 is 1.98. The first-order valence-corrected chi connectivity index (χ1v) is 6.53. The molecule has 0 aromatic heterocycles. The van der Waals surface area contributed by atoms with Crippen molar-refractivity contribution in [3.63, 3.8) is 0 Å². The Morgan fingerprint density at radius 1 is 1.47 bits per heavy atom. The predicted octanol–water partition coefficient (Wildman–Crippen LogP) is 0.968. The van der Waals surface area contributed by atoms with Crippen molar-refractivity contribution in [3.05, 3.63) is 0 Å². The Hall–Kier alpha value is -0.420. The quantitative estimate of drug-likeness (QED) is 0.546. The molecule has 2 aliphatic rings. The molecule has 3 atom stereocenters. The molecule has 86 valence electrons. The Morgan fingerprint density at radius 2 is 2.33 bits per heavy atom. The third kappa shape index (κ3) is 2.58. The van der Waals surface area contributed by atoms with E-state index in [9.17, 15) is 4.79 Å². The van der Waals surface area contributed by atoms with E-state index in [1.807, 2.05) is 11.8 Å². The van der Waals surface area contributed by atoms with Crippen molar-refractivity contribution in [2.75, 3.05) is 19.5 Å². The fraction of sp³-hybridized carbons (Fsp3) is 0.900. The number of hydrogen-bond donors (Lipinski definition) is 2. The van der Waals surface area contributed by atoms with Gasteiger partial charge in [0.1, 0.15) is 0 Å². The van der Waals surface area contributed by atoms with E-state index in [1.165, 1.54) is 12.8 Å². The summed E-state index contributed by atoms with van der Waals surface area (Å²) in [6, 6.07) is 0.715. The van der Waals surface area contributed by atoms with Gasteiger partial charge in [0.05, 0.1) is 12.1 Å². The van der Waals surface area contributed by atoms with Gasteiger partial charge < -0.3 is 15.4 Å². The van der Waals surface area contributed by atoms with E-state index in [2.05, 4.69) is 10.6 Å². The molecule has 0 aromatic rings. The van der Waals surface area contributed by atoms with Crippen LogP contribution in [0, 0.1) is 0 Å². The summed E-state index contributed by atoms with van der Waals surface area (Å²) in [5.74, 6) is 1.05. The van der Waals surface area contributed by atoms with Gasteiger partial charge in [-0.3, -0.25) is 0 Å². The first kappa shape index (κ1) is 11.1. The lowest BCUT2D eigenvalue weighted by atomic mass is 10.0. The van der Waals surface area contributed by atoms with Crippen LogP contribution in [0.1, 0.15) is 19.3 Å². The third-order valence-electron chi connectivity index (χ3n) is 3.03. The molecule has 0 aromatic carbocycles. The molecule has 4 nitrogen and oxygen atoms in total. The van der Waals surface area contributed by atoms with Crippen LogP contribution in [0.5, 0.6) is 0 Å². The van der Waals surface area contributed by atoms with Crippen molar-refractivity contribution < 1.29 is 9.53 Å². The molecule has 2 amide bonds. The number of hydrogen-bond acceptors (Lipinski definition) is 3. The molecule has 5 heteroatoms. The molecule has 2 heterocycles. The van der Waals surface area contributed by atoms with Crippen LogP contribution in [0.15, 0.2) is 0 Å². The average molecular weight is 230 g/mol. The zero-order valence-electron chi connectivity index (χ0n) is 8.99. The number of unbranched alkanes of at least 4 members (excludes halogenated alkanes) is 1. The van der Waals surface area contributed by atoms with Crippen LogP contribution in [0.2, 0.25) is 0 Å². The molecule has 0 saturated carbocycles. The zero-order chi connectivity index (χ0) is 10.7. The first-order chi connectivity index (χ1) is 7.31. The van der Waals surface area contributed by atoms with Gasteiger partial charge in [-0.1, -0.05) is 0 Å². The minimum Gasteiger partial charge on any atom is -0.385 e. The number of fused-ring (bicyclic) bond motifs is 1. The normalized spacial score (nSPS) is 33.7. The minimum absolute atomic E-state index is 0.00666. The highest BCUT2D eigenvalue weighted by molar-refractivity contribution is 8.00. The number of amides is 2. The third-order valence-corrected chi connectivity index (χ3v) is 4.53. The van der Waals surface area contributed by atoms with Crippen LogP contribution in [-0.4, -0.2) is 42.8 Å². The lowest BCUT2D eigenvalue weighted by Gasteiger charge is -2.16. The van der Waals surface area contributed by atoms with Gasteiger partial charge >= 0.3 is 6.03 Å². The standard InChI is InChI=1S/C10H18N2O2S/c1-14-5-3-2-4-8-9-7(6-15-8)11-10(13)12-9/h7-9H,2-6H2,1H3,(H2,11,12,13). The monoisotopic (exact) mass is 230 g/mol. The Kier molecular flexibility index (Phi) is 3.75. The molecule has 0 aliphatic carbocycles. The molecule has 2 N–H and O–H groups in total. The van der Waals surface area contributed by atoms with E-state index in [0.717, 1.165) is 18.8 Å².